The molecule has 0 amide bonds. The number of hydrogen-bond donors (Lipinski definition) is 0. The summed E-state index contributed by atoms with van der Waals surface area (Å²) in [5, 5.41) is 3.32. The third-order valence-corrected chi connectivity index (χ3v) is 5.58. The molecule has 0 unspecified atom stereocenters. The van der Waals surface area contributed by atoms with Gasteiger partial charge >= 0.3 is 5.69 Å². The topological polar surface area (TPSA) is 34.9 Å². The van der Waals surface area contributed by atoms with Gasteiger partial charge in [0, 0.05) is 10.4 Å². The fourth-order valence-corrected chi connectivity index (χ4v) is 3.55. The number of thiophene rings is 1. The molecule has 0 saturated carbocycles. The lowest BCUT2D eigenvalue weighted by molar-refractivity contribution is 0.692. The number of halogens is 1. The van der Waals surface area contributed by atoms with Crippen LogP contribution in [0.4, 0.5) is 0 Å². The van der Waals surface area contributed by atoms with Gasteiger partial charge in [-0.3, -0.25) is 4.57 Å². The van der Waals surface area contributed by atoms with E-state index in [-0.39, 0.29) is 5.69 Å². The van der Waals surface area contributed by atoms with Crippen molar-refractivity contribution >= 4 is 37.4 Å². The normalized spacial score (nSPS) is 11.2. The Morgan fingerprint density at radius 2 is 2.05 bits per heavy atom. The number of rotatable bonds is 2. The Labute approximate surface area is 129 Å². The minimum absolute atomic E-state index is 0.196. The van der Waals surface area contributed by atoms with Crippen molar-refractivity contribution < 1.29 is 0 Å². The molecule has 0 atom stereocenters. The molecule has 20 heavy (non-hydrogen) atoms. The standard InChI is InChI=1S/C15H13BrN2OS/c1-9-14(16)10(2)18(15(19)17-9)7-11-8-20-13-6-4-3-5-12(11)13/h3-6,8H,7H2,1-2H3. The van der Waals surface area contributed by atoms with Crippen molar-refractivity contribution in [2.75, 3.05) is 0 Å². The third-order valence-electron chi connectivity index (χ3n) is 3.42. The summed E-state index contributed by atoms with van der Waals surface area (Å²) in [5.74, 6) is 0. The molecular weight excluding hydrogens is 336 g/mol. The summed E-state index contributed by atoms with van der Waals surface area (Å²) < 4.78 is 3.86. The number of benzene rings is 1. The maximum absolute atomic E-state index is 12.1. The lowest BCUT2D eigenvalue weighted by Gasteiger charge is -2.11. The van der Waals surface area contributed by atoms with E-state index >= 15 is 0 Å². The molecule has 0 N–H and O–H groups in total. The summed E-state index contributed by atoms with van der Waals surface area (Å²) in [6, 6.07) is 8.25. The van der Waals surface area contributed by atoms with Crippen LogP contribution in [0.1, 0.15) is 17.0 Å². The van der Waals surface area contributed by atoms with Gasteiger partial charge in [-0.15, -0.1) is 11.3 Å². The predicted octanol–water partition coefficient (Wildman–Crippen LogP) is 3.89. The van der Waals surface area contributed by atoms with Crippen LogP contribution < -0.4 is 5.69 Å². The maximum atomic E-state index is 12.1. The molecule has 3 aromatic rings. The van der Waals surface area contributed by atoms with Crippen molar-refractivity contribution in [3.05, 3.63) is 61.6 Å². The first-order valence-corrected chi connectivity index (χ1v) is 7.94. The Balaban J connectivity index is 2.12. The molecular formula is C15H13BrN2OS. The van der Waals surface area contributed by atoms with E-state index in [0.29, 0.717) is 6.54 Å². The van der Waals surface area contributed by atoms with Crippen LogP contribution in [0.25, 0.3) is 10.1 Å². The van der Waals surface area contributed by atoms with Crippen molar-refractivity contribution in [3.63, 3.8) is 0 Å². The van der Waals surface area contributed by atoms with Crippen molar-refractivity contribution in [1.82, 2.24) is 9.55 Å². The van der Waals surface area contributed by atoms with Gasteiger partial charge in [0.05, 0.1) is 16.7 Å². The average molecular weight is 349 g/mol. The van der Waals surface area contributed by atoms with E-state index in [2.05, 4.69) is 38.4 Å². The van der Waals surface area contributed by atoms with Gasteiger partial charge in [-0.2, -0.15) is 4.98 Å². The quantitative estimate of drug-likeness (QED) is 0.704. The zero-order valence-corrected chi connectivity index (χ0v) is 13.6. The van der Waals surface area contributed by atoms with Gasteiger partial charge in [0.15, 0.2) is 0 Å². The Morgan fingerprint density at radius 3 is 2.85 bits per heavy atom. The zero-order valence-electron chi connectivity index (χ0n) is 11.2. The van der Waals surface area contributed by atoms with Crippen LogP contribution in [0.5, 0.6) is 0 Å². The number of fused-ring (bicyclic) bond motifs is 1. The molecule has 0 spiro atoms. The van der Waals surface area contributed by atoms with Gasteiger partial charge in [0.1, 0.15) is 0 Å². The molecule has 0 bridgehead atoms. The Hall–Kier alpha value is -1.46. The Kier molecular flexibility index (Phi) is 3.48. The van der Waals surface area contributed by atoms with Gasteiger partial charge in [0.2, 0.25) is 0 Å². The van der Waals surface area contributed by atoms with Gasteiger partial charge < -0.3 is 0 Å². The van der Waals surface area contributed by atoms with Crippen LogP contribution in [0.2, 0.25) is 0 Å². The molecule has 1 aromatic carbocycles. The number of aromatic nitrogens is 2. The smallest absolute Gasteiger partial charge is 0.291 e. The summed E-state index contributed by atoms with van der Waals surface area (Å²) in [6.07, 6.45) is 0. The minimum atomic E-state index is -0.196. The highest BCUT2D eigenvalue weighted by molar-refractivity contribution is 9.10. The zero-order chi connectivity index (χ0) is 14.3. The highest BCUT2D eigenvalue weighted by Gasteiger charge is 2.11. The van der Waals surface area contributed by atoms with E-state index in [0.717, 1.165) is 21.4 Å². The highest BCUT2D eigenvalue weighted by Crippen LogP contribution is 2.27. The van der Waals surface area contributed by atoms with Crippen molar-refractivity contribution in [2.45, 2.75) is 20.4 Å². The average Bonchev–Trinajstić information content (AvgIpc) is 2.84. The fraction of sp³-hybridized carbons (Fsp3) is 0.200. The van der Waals surface area contributed by atoms with Crippen molar-refractivity contribution in [1.29, 1.82) is 0 Å². The van der Waals surface area contributed by atoms with Gasteiger partial charge in [-0.05, 0) is 52.2 Å². The summed E-state index contributed by atoms with van der Waals surface area (Å²) in [6.45, 7) is 4.33. The largest absolute Gasteiger partial charge is 0.348 e. The highest BCUT2D eigenvalue weighted by atomic mass is 79.9. The van der Waals surface area contributed by atoms with Crippen LogP contribution in [-0.2, 0) is 6.54 Å². The lowest BCUT2D eigenvalue weighted by atomic mass is 10.2. The summed E-state index contributed by atoms with van der Waals surface area (Å²) in [4.78, 5) is 16.2. The van der Waals surface area contributed by atoms with Crippen LogP contribution in [0, 0.1) is 13.8 Å². The van der Waals surface area contributed by atoms with Gasteiger partial charge in [-0.1, -0.05) is 18.2 Å². The first-order valence-electron chi connectivity index (χ1n) is 6.26. The Morgan fingerprint density at radius 1 is 1.30 bits per heavy atom. The monoisotopic (exact) mass is 348 g/mol. The molecule has 0 saturated heterocycles. The third kappa shape index (κ3) is 2.21. The molecule has 0 fully saturated rings. The molecule has 2 aromatic heterocycles. The molecule has 102 valence electrons. The van der Waals surface area contributed by atoms with E-state index < -0.39 is 0 Å². The number of aryl methyl sites for hydroxylation is 1. The Bertz CT molecular complexity index is 851. The number of nitrogens with zero attached hydrogens (tertiary/aromatic N) is 2. The van der Waals surface area contributed by atoms with E-state index in [1.54, 1.807) is 15.9 Å². The second kappa shape index (κ2) is 5.14. The second-order valence-electron chi connectivity index (χ2n) is 4.72. The maximum Gasteiger partial charge on any atom is 0.348 e. The first kappa shape index (κ1) is 13.5. The lowest BCUT2D eigenvalue weighted by Crippen LogP contribution is -2.26. The van der Waals surface area contributed by atoms with E-state index in [9.17, 15) is 4.79 Å². The van der Waals surface area contributed by atoms with Crippen LogP contribution in [0.15, 0.2) is 38.9 Å². The summed E-state index contributed by atoms with van der Waals surface area (Å²) in [5.41, 5.74) is 2.61. The van der Waals surface area contributed by atoms with Crippen molar-refractivity contribution in [2.24, 2.45) is 0 Å². The van der Waals surface area contributed by atoms with Crippen LogP contribution in [-0.4, -0.2) is 9.55 Å². The molecule has 3 rings (SSSR count). The summed E-state index contributed by atoms with van der Waals surface area (Å²) >= 11 is 5.20. The molecule has 0 aliphatic carbocycles. The molecule has 0 aliphatic heterocycles. The SMILES string of the molecule is Cc1nc(=O)n(Cc2csc3ccccc23)c(C)c1Br. The van der Waals surface area contributed by atoms with E-state index in [4.69, 9.17) is 0 Å². The second-order valence-corrected chi connectivity index (χ2v) is 6.43. The minimum Gasteiger partial charge on any atom is -0.291 e. The van der Waals surface area contributed by atoms with Gasteiger partial charge in [-0.25, -0.2) is 4.79 Å². The number of hydrogen-bond acceptors (Lipinski definition) is 3. The molecule has 3 nitrogen and oxygen atoms in total. The molecule has 5 heteroatoms. The van der Waals surface area contributed by atoms with E-state index in [1.807, 2.05) is 26.0 Å². The van der Waals surface area contributed by atoms with Gasteiger partial charge in [0.25, 0.3) is 0 Å². The predicted molar refractivity (Wildman–Crippen MR) is 86.6 cm³/mol. The molecule has 0 radical (unpaired) electrons. The van der Waals surface area contributed by atoms with Crippen LogP contribution >= 0.6 is 27.3 Å². The van der Waals surface area contributed by atoms with Crippen LogP contribution in [0.3, 0.4) is 0 Å². The van der Waals surface area contributed by atoms with E-state index in [1.165, 1.54) is 10.1 Å². The molecule has 0 aliphatic rings. The summed E-state index contributed by atoms with van der Waals surface area (Å²) in [7, 11) is 0. The molecule has 2 heterocycles. The van der Waals surface area contributed by atoms with Crippen molar-refractivity contribution in [3.8, 4) is 0 Å². The fourth-order valence-electron chi connectivity index (χ4n) is 2.29. The first-order chi connectivity index (χ1) is 9.58.